The molecule has 0 bridgehead atoms. The quantitative estimate of drug-likeness (QED) is 0.710. The van der Waals surface area contributed by atoms with Gasteiger partial charge in [-0.05, 0) is 20.8 Å². The zero-order chi connectivity index (χ0) is 16.5. The van der Waals surface area contributed by atoms with Crippen LogP contribution in [0.1, 0.15) is 33.6 Å². The molecule has 21 heavy (non-hydrogen) atoms. The van der Waals surface area contributed by atoms with Crippen molar-refractivity contribution >= 4 is 11.9 Å². The molecule has 116 valence electrons. The largest absolute Gasteiger partial charge is 0.480 e. The van der Waals surface area contributed by atoms with Crippen molar-refractivity contribution in [2.45, 2.75) is 39.2 Å². The second kappa shape index (κ2) is 8.93. The Balaban J connectivity index is 4.85. The topological polar surface area (TPSA) is 108 Å². The summed E-state index contributed by atoms with van der Waals surface area (Å²) in [4.78, 5) is 26.2. The maximum absolute atomic E-state index is 12.3. The summed E-state index contributed by atoms with van der Waals surface area (Å²) in [6.07, 6.45) is 0.372. The van der Waals surface area contributed by atoms with Crippen LogP contribution in [0.15, 0.2) is 0 Å². The molecule has 0 aliphatic rings. The summed E-state index contributed by atoms with van der Waals surface area (Å²) in [5.74, 6) is -1.27. The maximum atomic E-state index is 12.3. The minimum absolute atomic E-state index is 0.0490. The molecule has 7 heteroatoms. The van der Waals surface area contributed by atoms with Crippen molar-refractivity contribution in [3.63, 3.8) is 0 Å². The number of carboxylic acids is 1. The van der Waals surface area contributed by atoms with Crippen molar-refractivity contribution in [3.05, 3.63) is 0 Å². The van der Waals surface area contributed by atoms with Gasteiger partial charge in [0.25, 0.3) is 0 Å². The molecule has 0 atom stereocenters. The van der Waals surface area contributed by atoms with Crippen LogP contribution in [-0.4, -0.2) is 58.5 Å². The van der Waals surface area contributed by atoms with Crippen molar-refractivity contribution < 1.29 is 14.7 Å². The first-order chi connectivity index (χ1) is 9.72. The molecule has 0 unspecified atom stereocenters. The molecule has 0 fully saturated rings. The summed E-state index contributed by atoms with van der Waals surface area (Å²) in [6.45, 7) is 5.71. The van der Waals surface area contributed by atoms with Gasteiger partial charge in [-0.1, -0.05) is 0 Å². The predicted molar refractivity (Wildman–Crippen MR) is 76.0 cm³/mol. The lowest BCUT2D eigenvalue weighted by Gasteiger charge is -2.35. The van der Waals surface area contributed by atoms with E-state index in [1.807, 2.05) is 32.9 Å². The summed E-state index contributed by atoms with van der Waals surface area (Å²) in [7, 11) is 0. The van der Waals surface area contributed by atoms with Crippen LogP contribution < -0.4 is 0 Å². The number of carbonyl (C=O) groups excluding carboxylic acids is 1. The summed E-state index contributed by atoms with van der Waals surface area (Å²) in [5.41, 5.74) is -0.468. The van der Waals surface area contributed by atoms with E-state index in [1.54, 1.807) is 4.90 Å². The highest BCUT2D eigenvalue weighted by atomic mass is 16.4. The molecule has 7 nitrogen and oxygen atoms in total. The van der Waals surface area contributed by atoms with Crippen LogP contribution in [0.5, 0.6) is 0 Å². The van der Waals surface area contributed by atoms with Gasteiger partial charge in [-0.15, -0.1) is 0 Å². The Morgan fingerprint density at radius 1 is 1.05 bits per heavy atom. The molecule has 1 amide bonds. The van der Waals surface area contributed by atoms with Crippen LogP contribution >= 0.6 is 0 Å². The van der Waals surface area contributed by atoms with Gasteiger partial charge >= 0.3 is 5.97 Å². The number of aliphatic carboxylic acids is 1. The van der Waals surface area contributed by atoms with E-state index < -0.39 is 11.5 Å². The van der Waals surface area contributed by atoms with Crippen LogP contribution in [0.2, 0.25) is 0 Å². The lowest BCUT2D eigenvalue weighted by atomic mass is 10.1. The highest BCUT2D eigenvalue weighted by molar-refractivity contribution is 5.79. The molecule has 0 spiro atoms. The average Bonchev–Trinajstić information content (AvgIpc) is 2.36. The maximum Gasteiger partial charge on any atom is 0.317 e. The van der Waals surface area contributed by atoms with Crippen molar-refractivity contribution in [3.8, 4) is 12.1 Å². The third-order valence-electron chi connectivity index (χ3n) is 2.94. The highest BCUT2D eigenvalue weighted by Gasteiger charge is 2.27. The lowest BCUT2D eigenvalue weighted by Crippen LogP contribution is -2.50. The van der Waals surface area contributed by atoms with Gasteiger partial charge in [0.1, 0.15) is 0 Å². The van der Waals surface area contributed by atoms with Crippen LogP contribution in [0, 0.1) is 22.7 Å². The molecule has 0 radical (unpaired) electrons. The number of carbonyl (C=O) groups is 2. The monoisotopic (exact) mass is 294 g/mol. The van der Waals surface area contributed by atoms with Gasteiger partial charge < -0.3 is 10.0 Å². The Labute approximate surface area is 125 Å². The van der Waals surface area contributed by atoms with Gasteiger partial charge in [-0.25, -0.2) is 0 Å². The summed E-state index contributed by atoms with van der Waals surface area (Å²) >= 11 is 0. The first-order valence-electron chi connectivity index (χ1n) is 6.71. The Kier molecular flexibility index (Phi) is 8.03. The van der Waals surface area contributed by atoms with E-state index in [9.17, 15) is 9.59 Å². The van der Waals surface area contributed by atoms with E-state index in [0.717, 1.165) is 0 Å². The van der Waals surface area contributed by atoms with Gasteiger partial charge in [-0.3, -0.25) is 14.5 Å². The molecule has 0 heterocycles. The number of nitriles is 2. The summed E-state index contributed by atoms with van der Waals surface area (Å²) in [5, 5.41) is 26.2. The molecule has 0 aliphatic carbocycles. The molecular weight excluding hydrogens is 272 g/mol. The molecule has 0 aliphatic heterocycles. The van der Waals surface area contributed by atoms with Crippen molar-refractivity contribution in [1.82, 2.24) is 9.80 Å². The van der Waals surface area contributed by atoms with E-state index >= 15 is 0 Å². The molecule has 1 N–H and O–H groups in total. The third kappa shape index (κ3) is 7.91. The predicted octanol–water partition coefficient (Wildman–Crippen LogP) is 0.827. The Morgan fingerprint density at radius 2 is 1.52 bits per heavy atom. The number of nitrogens with zero attached hydrogens (tertiary/aromatic N) is 4. The van der Waals surface area contributed by atoms with Gasteiger partial charge in [-0.2, -0.15) is 10.5 Å². The van der Waals surface area contributed by atoms with Crippen molar-refractivity contribution in [2.24, 2.45) is 0 Å². The Bertz CT molecular complexity index is 425. The first kappa shape index (κ1) is 18.9. The average molecular weight is 294 g/mol. The van der Waals surface area contributed by atoms with E-state index in [-0.39, 0.29) is 44.9 Å². The van der Waals surface area contributed by atoms with Crippen LogP contribution in [-0.2, 0) is 9.59 Å². The normalized spacial score (nSPS) is 10.8. The fourth-order valence-electron chi connectivity index (χ4n) is 1.69. The number of amides is 1. The molecule has 0 saturated heterocycles. The molecule has 0 aromatic carbocycles. The second-order valence-electron chi connectivity index (χ2n) is 5.62. The number of rotatable bonds is 8. The Morgan fingerprint density at radius 3 is 1.86 bits per heavy atom. The molecular formula is C14H22N4O3. The fourth-order valence-corrected chi connectivity index (χ4v) is 1.69. The molecule has 0 rings (SSSR count). The number of hydrogen-bond donors (Lipinski definition) is 1. The van der Waals surface area contributed by atoms with Gasteiger partial charge in [0, 0.05) is 18.6 Å². The SMILES string of the molecule is CC(C)(C)N(CC(=O)O)CC(=O)N(CCC#N)CCC#N. The molecule has 0 aromatic rings. The van der Waals surface area contributed by atoms with Gasteiger partial charge in [0.05, 0.1) is 38.1 Å². The number of hydrogen-bond acceptors (Lipinski definition) is 5. The minimum atomic E-state index is -1.00. The van der Waals surface area contributed by atoms with Crippen molar-refractivity contribution in [1.29, 1.82) is 10.5 Å². The van der Waals surface area contributed by atoms with Crippen LogP contribution in [0.3, 0.4) is 0 Å². The second-order valence-corrected chi connectivity index (χ2v) is 5.62. The standard InChI is InChI=1S/C14H22N4O3/c1-14(2,3)18(11-13(20)21)10-12(19)17(8-4-6-15)9-5-7-16/h4-5,8-11H2,1-3H3,(H,20,21). The molecule has 0 saturated carbocycles. The zero-order valence-electron chi connectivity index (χ0n) is 12.8. The van der Waals surface area contributed by atoms with Crippen molar-refractivity contribution in [2.75, 3.05) is 26.2 Å². The van der Waals surface area contributed by atoms with Gasteiger partial charge in [0.15, 0.2) is 0 Å². The van der Waals surface area contributed by atoms with Crippen LogP contribution in [0.25, 0.3) is 0 Å². The molecule has 0 aromatic heterocycles. The minimum Gasteiger partial charge on any atom is -0.480 e. The smallest absolute Gasteiger partial charge is 0.317 e. The third-order valence-corrected chi connectivity index (χ3v) is 2.94. The first-order valence-corrected chi connectivity index (χ1v) is 6.71. The van der Waals surface area contributed by atoms with Crippen LogP contribution in [0.4, 0.5) is 0 Å². The highest BCUT2D eigenvalue weighted by Crippen LogP contribution is 2.13. The van der Waals surface area contributed by atoms with E-state index in [0.29, 0.717) is 0 Å². The number of carboxylic acid groups (broad SMARTS) is 1. The summed E-state index contributed by atoms with van der Waals surface area (Å²) in [6, 6.07) is 3.92. The van der Waals surface area contributed by atoms with E-state index in [1.165, 1.54) is 4.90 Å². The summed E-state index contributed by atoms with van der Waals surface area (Å²) < 4.78 is 0. The van der Waals surface area contributed by atoms with E-state index in [4.69, 9.17) is 15.6 Å². The fraction of sp³-hybridized carbons (Fsp3) is 0.714. The zero-order valence-corrected chi connectivity index (χ0v) is 12.8. The Hall–Kier alpha value is -2.12. The van der Waals surface area contributed by atoms with E-state index in [2.05, 4.69) is 0 Å². The lowest BCUT2D eigenvalue weighted by molar-refractivity contribution is -0.141. The van der Waals surface area contributed by atoms with Gasteiger partial charge in [0.2, 0.25) is 5.91 Å².